The monoisotopic (exact) mass is 377 g/mol. The third-order valence-electron chi connectivity index (χ3n) is 4.75. The van der Waals surface area contributed by atoms with E-state index in [1.807, 2.05) is 36.5 Å². The summed E-state index contributed by atoms with van der Waals surface area (Å²) < 4.78 is 18.8. The van der Waals surface area contributed by atoms with E-state index in [2.05, 4.69) is 20.5 Å². The molecule has 8 nitrogen and oxygen atoms in total. The molecular weight excluding hydrogens is 358 g/mol. The van der Waals surface area contributed by atoms with Crippen LogP contribution in [0.1, 0.15) is 36.9 Å². The lowest BCUT2D eigenvalue weighted by molar-refractivity contribution is 0.00220. The Morgan fingerprint density at radius 1 is 1.14 bits per heavy atom. The highest BCUT2D eigenvalue weighted by atomic mass is 16.5. The van der Waals surface area contributed by atoms with Crippen molar-refractivity contribution in [3.8, 4) is 22.7 Å². The van der Waals surface area contributed by atoms with Gasteiger partial charge in [-0.05, 0) is 43.5 Å². The fourth-order valence-corrected chi connectivity index (χ4v) is 3.31. The molecule has 8 heteroatoms. The largest absolute Gasteiger partial charge is 0.457 e. The molecule has 0 spiro atoms. The van der Waals surface area contributed by atoms with Gasteiger partial charge in [-0.3, -0.25) is 4.98 Å². The van der Waals surface area contributed by atoms with Crippen LogP contribution in [0.3, 0.4) is 0 Å². The van der Waals surface area contributed by atoms with Crippen LogP contribution in [0.5, 0.6) is 0 Å². The van der Waals surface area contributed by atoms with E-state index in [0.717, 1.165) is 42.9 Å². The van der Waals surface area contributed by atoms with Gasteiger partial charge >= 0.3 is 0 Å². The highest BCUT2D eigenvalue weighted by Gasteiger charge is 2.20. The van der Waals surface area contributed by atoms with Gasteiger partial charge in [0.05, 0.1) is 6.20 Å². The lowest BCUT2D eigenvalue weighted by atomic mass is 10.1. The van der Waals surface area contributed by atoms with Crippen LogP contribution < -0.4 is 0 Å². The zero-order valence-corrected chi connectivity index (χ0v) is 15.2. The van der Waals surface area contributed by atoms with Crippen LogP contribution >= 0.6 is 0 Å². The summed E-state index contributed by atoms with van der Waals surface area (Å²) >= 11 is 0. The SMILES string of the molecule is c1cncc(-c2cc(Cn3cc(-c4ccc(C5CCCCO5)o4)nn3)on2)c1. The molecule has 0 amide bonds. The number of pyridine rings is 1. The molecule has 1 atom stereocenters. The number of aromatic nitrogens is 5. The van der Waals surface area contributed by atoms with Gasteiger partial charge in [0.15, 0.2) is 11.5 Å². The lowest BCUT2D eigenvalue weighted by Gasteiger charge is -2.20. The molecule has 5 heterocycles. The van der Waals surface area contributed by atoms with E-state index in [-0.39, 0.29) is 6.10 Å². The lowest BCUT2D eigenvalue weighted by Crippen LogP contribution is -2.10. The Labute approximate surface area is 161 Å². The Kier molecular flexibility index (Phi) is 4.46. The smallest absolute Gasteiger partial charge is 0.158 e. The first-order valence-corrected chi connectivity index (χ1v) is 9.33. The minimum Gasteiger partial charge on any atom is -0.457 e. The molecule has 0 aliphatic carbocycles. The summed E-state index contributed by atoms with van der Waals surface area (Å²) in [6.45, 7) is 1.22. The van der Waals surface area contributed by atoms with Crippen LogP contribution in [-0.2, 0) is 11.3 Å². The molecule has 4 aromatic heterocycles. The van der Waals surface area contributed by atoms with Crippen molar-refractivity contribution in [2.45, 2.75) is 31.9 Å². The second-order valence-corrected chi connectivity index (χ2v) is 6.78. The van der Waals surface area contributed by atoms with Crippen LogP contribution in [0.2, 0.25) is 0 Å². The van der Waals surface area contributed by atoms with Crippen LogP contribution in [0.15, 0.2) is 57.9 Å². The van der Waals surface area contributed by atoms with Crippen molar-refractivity contribution >= 4 is 0 Å². The first kappa shape index (κ1) is 16.9. The molecule has 1 aliphatic rings. The van der Waals surface area contributed by atoms with E-state index in [1.165, 1.54) is 0 Å². The van der Waals surface area contributed by atoms with Gasteiger partial charge < -0.3 is 13.7 Å². The molecular formula is C20H19N5O3. The van der Waals surface area contributed by atoms with Crippen molar-refractivity contribution in [3.05, 3.63) is 60.4 Å². The Morgan fingerprint density at radius 3 is 3.00 bits per heavy atom. The molecule has 1 unspecified atom stereocenters. The number of furan rings is 1. The van der Waals surface area contributed by atoms with Crippen molar-refractivity contribution in [2.24, 2.45) is 0 Å². The fraction of sp³-hybridized carbons (Fsp3) is 0.300. The normalized spacial score (nSPS) is 17.1. The summed E-state index contributed by atoms with van der Waals surface area (Å²) in [4.78, 5) is 4.10. The predicted molar refractivity (Wildman–Crippen MR) is 99.1 cm³/mol. The zero-order chi connectivity index (χ0) is 18.8. The first-order valence-electron chi connectivity index (χ1n) is 9.33. The van der Waals surface area contributed by atoms with E-state index >= 15 is 0 Å². The van der Waals surface area contributed by atoms with Gasteiger partial charge in [-0.15, -0.1) is 5.10 Å². The highest BCUT2D eigenvalue weighted by molar-refractivity contribution is 5.57. The first-order chi connectivity index (χ1) is 13.8. The Bertz CT molecular complexity index is 1050. The van der Waals surface area contributed by atoms with Gasteiger partial charge in [-0.2, -0.15) is 0 Å². The minimum absolute atomic E-state index is 0.0395. The summed E-state index contributed by atoms with van der Waals surface area (Å²) in [6.07, 6.45) is 8.61. The third kappa shape index (κ3) is 3.46. The molecule has 1 aliphatic heterocycles. The molecule has 5 rings (SSSR count). The molecule has 1 fully saturated rings. The van der Waals surface area contributed by atoms with Gasteiger partial charge in [0.1, 0.15) is 29.8 Å². The average Bonchev–Trinajstić information content (AvgIpc) is 3.50. The van der Waals surface area contributed by atoms with E-state index in [1.54, 1.807) is 17.1 Å². The maximum Gasteiger partial charge on any atom is 0.158 e. The Balaban J connectivity index is 1.29. The van der Waals surface area contributed by atoms with E-state index in [0.29, 0.717) is 23.8 Å². The summed E-state index contributed by atoms with van der Waals surface area (Å²) in [5.41, 5.74) is 2.32. The molecule has 0 saturated carbocycles. The van der Waals surface area contributed by atoms with Gasteiger partial charge in [-0.1, -0.05) is 10.4 Å². The molecule has 4 aromatic rings. The molecule has 0 radical (unpaired) electrons. The van der Waals surface area contributed by atoms with E-state index < -0.39 is 0 Å². The molecule has 0 bridgehead atoms. The van der Waals surface area contributed by atoms with Crippen molar-refractivity contribution in [3.63, 3.8) is 0 Å². The second kappa shape index (κ2) is 7.40. The quantitative estimate of drug-likeness (QED) is 0.521. The number of rotatable bonds is 5. The number of ether oxygens (including phenoxy) is 1. The summed E-state index contributed by atoms with van der Waals surface area (Å²) in [5, 5.41) is 12.5. The van der Waals surface area contributed by atoms with Crippen molar-refractivity contribution in [1.29, 1.82) is 0 Å². The van der Waals surface area contributed by atoms with E-state index in [4.69, 9.17) is 13.7 Å². The third-order valence-corrected chi connectivity index (χ3v) is 4.75. The van der Waals surface area contributed by atoms with Gasteiger partial charge in [0, 0.05) is 30.6 Å². The Morgan fingerprint density at radius 2 is 2.14 bits per heavy atom. The predicted octanol–water partition coefficient (Wildman–Crippen LogP) is 3.88. The van der Waals surface area contributed by atoms with Gasteiger partial charge in [-0.25, -0.2) is 4.68 Å². The average molecular weight is 377 g/mol. The summed E-state index contributed by atoms with van der Waals surface area (Å²) in [7, 11) is 0. The van der Waals surface area contributed by atoms with Crippen molar-refractivity contribution in [2.75, 3.05) is 6.61 Å². The standard InChI is InChI=1S/C20H19N5O3/c1-2-9-26-19(5-1)20-7-6-18(27-20)17-13-25(24-22-17)12-15-10-16(23-28-15)14-4-3-8-21-11-14/h3-4,6-8,10-11,13,19H,1-2,5,9,12H2. The maximum atomic E-state index is 5.95. The topological polar surface area (TPSA) is 92.0 Å². The molecule has 142 valence electrons. The maximum absolute atomic E-state index is 5.95. The second-order valence-electron chi connectivity index (χ2n) is 6.78. The van der Waals surface area contributed by atoms with Crippen molar-refractivity contribution in [1.82, 2.24) is 25.1 Å². The van der Waals surface area contributed by atoms with Crippen LogP contribution in [0.4, 0.5) is 0 Å². The van der Waals surface area contributed by atoms with Crippen LogP contribution in [-0.4, -0.2) is 31.7 Å². The minimum atomic E-state index is 0.0395. The van der Waals surface area contributed by atoms with Crippen LogP contribution in [0.25, 0.3) is 22.7 Å². The molecule has 0 aromatic carbocycles. The summed E-state index contributed by atoms with van der Waals surface area (Å²) in [5.74, 6) is 2.22. The summed E-state index contributed by atoms with van der Waals surface area (Å²) in [6, 6.07) is 9.55. The zero-order valence-electron chi connectivity index (χ0n) is 15.2. The number of hydrogen-bond donors (Lipinski definition) is 0. The fourth-order valence-electron chi connectivity index (χ4n) is 3.31. The van der Waals surface area contributed by atoms with Crippen LogP contribution in [0, 0.1) is 0 Å². The van der Waals surface area contributed by atoms with Crippen molar-refractivity contribution < 1.29 is 13.7 Å². The number of nitrogens with zero attached hydrogens (tertiary/aromatic N) is 5. The molecule has 0 N–H and O–H groups in total. The van der Waals surface area contributed by atoms with Gasteiger partial charge in [0.2, 0.25) is 0 Å². The van der Waals surface area contributed by atoms with E-state index in [9.17, 15) is 0 Å². The van der Waals surface area contributed by atoms with Gasteiger partial charge in [0.25, 0.3) is 0 Å². The molecule has 28 heavy (non-hydrogen) atoms. The highest BCUT2D eigenvalue weighted by Crippen LogP contribution is 2.31. The molecule has 1 saturated heterocycles. The number of hydrogen-bond acceptors (Lipinski definition) is 7. The Hall–Kier alpha value is -3.26.